The predicted octanol–water partition coefficient (Wildman–Crippen LogP) is 2.92. The van der Waals surface area contributed by atoms with Crippen LogP contribution in [0.2, 0.25) is 0 Å². The molecule has 0 aliphatic rings. The third-order valence-electron chi connectivity index (χ3n) is 3.11. The molecule has 0 spiro atoms. The fourth-order valence-electron chi connectivity index (χ4n) is 1.98. The fourth-order valence-corrected chi connectivity index (χ4v) is 3.16. The van der Waals surface area contributed by atoms with Crippen molar-refractivity contribution in [2.45, 2.75) is 11.8 Å². The third-order valence-corrected chi connectivity index (χ3v) is 4.77. The van der Waals surface area contributed by atoms with E-state index >= 15 is 0 Å². The number of hydrogen-bond acceptors (Lipinski definition) is 5. The van der Waals surface area contributed by atoms with Crippen molar-refractivity contribution in [1.82, 2.24) is 0 Å². The molecule has 1 atom stereocenters. The summed E-state index contributed by atoms with van der Waals surface area (Å²) < 4.78 is 26.6. The van der Waals surface area contributed by atoms with Gasteiger partial charge >= 0.3 is 5.97 Å². The fraction of sp³-hybridized carbons (Fsp3) is 0.176. The zero-order valence-corrected chi connectivity index (χ0v) is 14.3. The van der Waals surface area contributed by atoms with E-state index in [1.807, 2.05) is 0 Å². The van der Waals surface area contributed by atoms with Gasteiger partial charge in [-0.2, -0.15) is 4.36 Å². The number of carbonyl (C=O) groups excluding carboxylic acids is 2. The van der Waals surface area contributed by atoms with Gasteiger partial charge in [0.05, 0.1) is 22.4 Å². The zero-order valence-electron chi connectivity index (χ0n) is 13.5. The summed E-state index contributed by atoms with van der Waals surface area (Å²) in [6.07, 6.45) is 1.38. The number of rotatable bonds is 4. The Morgan fingerprint density at radius 1 is 1.08 bits per heavy atom. The van der Waals surface area contributed by atoms with Crippen LogP contribution < -0.4 is 9.47 Å². The minimum absolute atomic E-state index is 0.0128. The van der Waals surface area contributed by atoms with Crippen LogP contribution in [0.15, 0.2) is 57.8 Å². The summed E-state index contributed by atoms with van der Waals surface area (Å²) in [5, 5.41) is 0. The number of hydrogen-bond donors (Lipinski definition) is 0. The second-order valence-electron chi connectivity index (χ2n) is 4.97. The Morgan fingerprint density at radius 3 is 2.33 bits per heavy atom. The lowest BCUT2D eigenvalue weighted by Gasteiger charge is -2.09. The maximum Gasteiger partial charge on any atom is 0.308 e. The van der Waals surface area contributed by atoms with E-state index < -0.39 is 21.6 Å². The molecule has 1 unspecified atom stereocenters. The Labute approximate surface area is 140 Å². The topological polar surface area (TPSA) is 82.0 Å². The first-order chi connectivity index (χ1) is 11.3. The van der Waals surface area contributed by atoms with Gasteiger partial charge in [-0.05, 0) is 24.3 Å². The Morgan fingerprint density at radius 2 is 1.75 bits per heavy atom. The first-order valence-corrected chi connectivity index (χ1v) is 8.94. The summed E-state index contributed by atoms with van der Waals surface area (Å²) >= 11 is 0. The van der Waals surface area contributed by atoms with Gasteiger partial charge in [0.1, 0.15) is 11.5 Å². The van der Waals surface area contributed by atoms with Crippen LogP contribution in [0.5, 0.6) is 11.5 Å². The minimum atomic E-state index is -2.91. The molecule has 7 heteroatoms. The molecule has 0 aromatic heterocycles. The van der Waals surface area contributed by atoms with Gasteiger partial charge in [0, 0.05) is 24.1 Å². The van der Waals surface area contributed by atoms with Gasteiger partial charge in [0.15, 0.2) is 0 Å². The summed E-state index contributed by atoms with van der Waals surface area (Å²) in [4.78, 5) is 24.1. The lowest BCUT2D eigenvalue weighted by atomic mass is 10.2. The Bertz CT molecular complexity index is 883. The molecule has 6 nitrogen and oxygen atoms in total. The van der Waals surface area contributed by atoms with Gasteiger partial charge in [-0.3, -0.25) is 9.59 Å². The maximum absolute atomic E-state index is 12.7. The molecular weight excluding hydrogens is 330 g/mol. The van der Waals surface area contributed by atoms with E-state index in [-0.39, 0.29) is 11.3 Å². The van der Waals surface area contributed by atoms with Crippen molar-refractivity contribution in [3.63, 3.8) is 0 Å². The second kappa shape index (κ2) is 7.27. The van der Waals surface area contributed by atoms with E-state index in [4.69, 9.17) is 9.47 Å². The standard InChI is InChI=1S/C17H17NO5S/c1-12(19)23-16-11-13(22-2)9-10-15(16)17(20)18-24(3,21)14-7-5-4-6-8-14/h4-11H,1-3H3. The van der Waals surface area contributed by atoms with E-state index in [1.165, 1.54) is 38.5 Å². The van der Waals surface area contributed by atoms with Crippen LogP contribution in [-0.2, 0) is 14.5 Å². The van der Waals surface area contributed by atoms with Crippen LogP contribution in [0.3, 0.4) is 0 Å². The molecular formula is C17H17NO5S. The predicted molar refractivity (Wildman–Crippen MR) is 89.8 cm³/mol. The van der Waals surface area contributed by atoms with Gasteiger partial charge in [-0.15, -0.1) is 0 Å². The van der Waals surface area contributed by atoms with Crippen molar-refractivity contribution in [1.29, 1.82) is 0 Å². The molecule has 0 saturated heterocycles. The van der Waals surface area contributed by atoms with Crippen LogP contribution in [0.1, 0.15) is 17.3 Å². The van der Waals surface area contributed by atoms with Crippen molar-refractivity contribution in [3.05, 3.63) is 54.1 Å². The van der Waals surface area contributed by atoms with Gasteiger partial charge in [-0.25, -0.2) is 4.21 Å². The summed E-state index contributed by atoms with van der Waals surface area (Å²) in [6.45, 7) is 1.22. The van der Waals surface area contributed by atoms with E-state index in [0.717, 1.165) is 0 Å². The van der Waals surface area contributed by atoms with Crippen LogP contribution in [0, 0.1) is 0 Å². The molecule has 0 heterocycles. The molecule has 24 heavy (non-hydrogen) atoms. The average molecular weight is 347 g/mol. The third kappa shape index (κ3) is 4.20. The normalized spacial score (nSPS) is 12.8. The maximum atomic E-state index is 12.7. The molecule has 0 aliphatic heterocycles. The first-order valence-electron chi connectivity index (χ1n) is 7.01. The lowest BCUT2D eigenvalue weighted by Crippen LogP contribution is -2.09. The Kier molecular flexibility index (Phi) is 5.35. The number of ether oxygens (including phenoxy) is 2. The second-order valence-corrected chi connectivity index (χ2v) is 7.23. The highest BCUT2D eigenvalue weighted by Gasteiger charge is 2.17. The summed E-state index contributed by atoms with van der Waals surface area (Å²) in [5.74, 6) is -0.884. The van der Waals surface area contributed by atoms with Crippen LogP contribution in [0.4, 0.5) is 0 Å². The number of amides is 1. The minimum Gasteiger partial charge on any atom is -0.497 e. The van der Waals surface area contributed by atoms with Gasteiger partial charge in [0.25, 0.3) is 5.91 Å². The number of carbonyl (C=O) groups is 2. The molecule has 2 rings (SSSR count). The largest absolute Gasteiger partial charge is 0.497 e. The van der Waals surface area contributed by atoms with Crippen molar-refractivity contribution < 1.29 is 23.3 Å². The van der Waals surface area contributed by atoms with Crippen LogP contribution >= 0.6 is 0 Å². The molecule has 0 radical (unpaired) electrons. The highest BCUT2D eigenvalue weighted by Crippen LogP contribution is 2.26. The molecule has 2 aromatic rings. The molecule has 0 N–H and O–H groups in total. The van der Waals surface area contributed by atoms with Gasteiger partial charge in [0.2, 0.25) is 0 Å². The molecule has 1 amide bonds. The van der Waals surface area contributed by atoms with E-state index in [1.54, 1.807) is 30.3 Å². The summed E-state index contributed by atoms with van der Waals surface area (Å²) in [5.41, 5.74) is 0.0384. The van der Waals surface area contributed by atoms with E-state index in [9.17, 15) is 13.8 Å². The Hall–Kier alpha value is -2.67. The average Bonchev–Trinajstić information content (AvgIpc) is 2.54. The van der Waals surface area contributed by atoms with E-state index in [0.29, 0.717) is 10.6 Å². The highest BCUT2D eigenvalue weighted by atomic mass is 32.2. The van der Waals surface area contributed by atoms with Crippen LogP contribution in [-0.4, -0.2) is 29.5 Å². The molecule has 0 fully saturated rings. The van der Waals surface area contributed by atoms with Crippen molar-refractivity contribution in [2.75, 3.05) is 13.4 Å². The molecule has 126 valence electrons. The Balaban J connectivity index is 2.48. The quantitative estimate of drug-likeness (QED) is 0.627. The number of nitrogens with zero attached hydrogens (tertiary/aromatic N) is 1. The van der Waals surface area contributed by atoms with Crippen molar-refractivity contribution in [3.8, 4) is 11.5 Å². The monoisotopic (exact) mass is 347 g/mol. The number of methoxy groups -OCH3 is 1. The summed E-state index contributed by atoms with van der Waals surface area (Å²) in [6, 6.07) is 12.9. The number of esters is 1. The van der Waals surface area contributed by atoms with Gasteiger partial charge in [-0.1, -0.05) is 18.2 Å². The lowest BCUT2D eigenvalue weighted by molar-refractivity contribution is -0.131. The molecule has 0 aliphatic carbocycles. The van der Waals surface area contributed by atoms with Gasteiger partial charge < -0.3 is 9.47 Å². The molecule has 0 bridgehead atoms. The summed E-state index contributed by atoms with van der Waals surface area (Å²) in [7, 11) is -1.46. The molecule has 2 aromatic carbocycles. The first kappa shape index (κ1) is 17.7. The van der Waals surface area contributed by atoms with Crippen molar-refractivity contribution in [2.24, 2.45) is 4.36 Å². The smallest absolute Gasteiger partial charge is 0.308 e. The van der Waals surface area contributed by atoms with Crippen LogP contribution in [0.25, 0.3) is 0 Å². The number of benzene rings is 2. The molecule has 0 saturated carbocycles. The van der Waals surface area contributed by atoms with Crippen molar-refractivity contribution >= 4 is 21.6 Å². The zero-order chi connectivity index (χ0) is 17.7. The van der Waals surface area contributed by atoms with E-state index in [2.05, 4.69) is 4.36 Å². The highest BCUT2D eigenvalue weighted by molar-refractivity contribution is 7.93. The SMILES string of the molecule is COc1ccc(C(=O)N=S(C)(=O)c2ccccc2)c(OC(C)=O)c1.